The number of para-hydroxylation sites is 5. The Morgan fingerprint density at radius 2 is 1.29 bits per heavy atom. The zero-order valence-electron chi connectivity index (χ0n) is 29.6. The van der Waals surface area contributed by atoms with Crippen LogP contribution in [0.25, 0.3) is 77.8 Å². The third kappa shape index (κ3) is 5.47. The molecule has 8 heteroatoms. The van der Waals surface area contributed by atoms with Gasteiger partial charge in [-0.2, -0.15) is 12.1 Å². The Morgan fingerprint density at radius 3 is 2.09 bits per heavy atom. The van der Waals surface area contributed by atoms with Crippen molar-refractivity contribution in [1.82, 2.24) is 18.4 Å². The molecule has 4 heterocycles. The molecule has 7 aromatic carbocycles. The molecule has 0 aliphatic rings. The van der Waals surface area contributed by atoms with Gasteiger partial charge in [0.05, 0.1) is 16.7 Å². The van der Waals surface area contributed by atoms with E-state index in [-0.39, 0.29) is 27.0 Å². The third-order valence-corrected chi connectivity index (χ3v) is 10.1. The van der Waals surface area contributed by atoms with Gasteiger partial charge in [0.25, 0.3) is 6.33 Å². The van der Waals surface area contributed by atoms with E-state index in [0.717, 1.165) is 66.5 Å². The molecular formula is C48H29N5O2Pt-2. The number of benzene rings is 7. The molecule has 4 aromatic heterocycles. The molecule has 0 spiro atoms. The predicted molar refractivity (Wildman–Crippen MR) is 214 cm³/mol. The van der Waals surface area contributed by atoms with E-state index in [9.17, 15) is 0 Å². The number of hydrogen-bond donors (Lipinski definition) is 0. The van der Waals surface area contributed by atoms with Crippen molar-refractivity contribution in [3.05, 3.63) is 195 Å². The van der Waals surface area contributed by atoms with E-state index >= 15 is 0 Å². The van der Waals surface area contributed by atoms with Crippen LogP contribution in [0.15, 0.2) is 181 Å². The summed E-state index contributed by atoms with van der Waals surface area (Å²) in [6, 6.07) is 59.4. The zero-order chi connectivity index (χ0) is 36.3. The second-order valence-electron chi connectivity index (χ2n) is 13.3. The molecule has 0 atom stereocenters. The predicted octanol–water partition coefficient (Wildman–Crippen LogP) is 10.8. The minimum atomic E-state index is 0. The molecule has 270 valence electrons. The van der Waals surface area contributed by atoms with Crippen molar-refractivity contribution in [2.45, 2.75) is 0 Å². The Bertz CT molecular complexity index is 3190. The van der Waals surface area contributed by atoms with Crippen LogP contribution >= 0.6 is 0 Å². The maximum absolute atomic E-state index is 6.54. The summed E-state index contributed by atoms with van der Waals surface area (Å²) in [7, 11) is 0. The molecule has 0 aliphatic heterocycles. The fourth-order valence-electron chi connectivity index (χ4n) is 7.68. The summed E-state index contributed by atoms with van der Waals surface area (Å²) in [4.78, 5) is 4.65. The number of nitrogens with zero attached hydrogens (tertiary/aromatic N) is 5. The van der Waals surface area contributed by atoms with E-state index in [1.165, 1.54) is 0 Å². The number of imidazole rings is 3. The van der Waals surface area contributed by atoms with Gasteiger partial charge in [-0.05, 0) is 57.2 Å². The Kier molecular flexibility index (Phi) is 8.23. The second-order valence-corrected chi connectivity index (χ2v) is 13.3. The molecule has 0 bridgehead atoms. The van der Waals surface area contributed by atoms with Crippen molar-refractivity contribution in [3.63, 3.8) is 0 Å². The van der Waals surface area contributed by atoms with E-state index in [1.54, 1.807) is 6.20 Å². The summed E-state index contributed by atoms with van der Waals surface area (Å²) >= 11 is 0. The number of ether oxygens (including phenoxy) is 1. The van der Waals surface area contributed by atoms with Gasteiger partial charge in [0.15, 0.2) is 0 Å². The van der Waals surface area contributed by atoms with Gasteiger partial charge < -0.3 is 22.5 Å². The fourth-order valence-corrected chi connectivity index (χ4v) is 7.68. The number of fused-ring (bicyclic) bond motifs is 6. The molecule has 0 aliphatic carbocycles. The standard InChI is InChI=1S/C48H29N5O2.Pt/c1-3-14-33(15-4-1)37-21-12-22-38(34-16-5-2-6-17-34)46(37)53-32-52(41-24-8-9-25-42(41)53)35-18-11-19-36(30-35)54-45-31-51-47-40(39-20-7-10-27-44(39)55-45)23-13-26-43(47)50-29-28-49-48(50)51;/h1-29H;/q-2;. The summed E-state index contributed by atoms with van der Waals surface area (Å²) in [5.41, 5.74) is 10.8. The van der Waals surface area contributed by atoms with Gasteiger partial charge in [-0.15, -0.1) is 12.1 Å². The summed E-state index contributed by atoms with van der Waals surface area (Å²) in [6.07, 6.45) is 10.8. The summed E-state index contributed by atoms with van der Waals surface area (Å²) in [6.45, 7) is 0. The van der Waals surface area contributed by atoms with Crippen LogP contribution in [0, 0.1) is 18.6 Å². The molecule has 0 saturated heterocycles. The topological polar surface area (TPSA) is 52.9 Å². The summed E-state index contributed by atoms with van der Waals surface area (Å²) in [5.74, 6) is 1.33. The molecule has 0 N–H and O–H groups in total. The minimum absolute atomic E-state index is 0. The van der Waals surface area contributed by atoms with E-state index < -0.39 is 0 Å². The Labute approximate surface area is 335 Å². The van der Waals surface area contributed by atoms with Gasteiger partial charge in [-0.25, -0.2) is 0 Å². The Hall–Kier alpha value is -6.95. The van der Waals surface area contributed by atoms with E-state index in [1.807, 2.05) is 74.2 Å². The van der Waals surface area contributed by atoms with E-state index in [2.05, 4.69) is 137 Å². The summed E-state index contributed by atoms with van der Waals surface area (Å²) in [5, 5.41) is 1.96. The number of aromatic nitrogens is 5. The van der Waals surface area contributed by atoms with Crippen molar-refractivity contribution in [1.29, 1.82) is 0 Å². The number of rotatable bonds is 6. The van der Waals surface area contributed by atoms with Crippen LogP contribution in [0.2, 0.25) is 0 Å². The van der Waals surface area contributed by atoms with Crippen LogP contribution in [0.3, 0.4) is 0 Å². The van der Waals surface area contributed by atoms with E-state index in [0.29, 0.717) is 17.1 Å². The maximum Gasteiger partial charge on any atom is 0.268 e. The van der Waals surface area contributed by atoms with Gasteiger partial charge in [-0.1, -0.05) is 133 Å². The van der Waals surface area contributed by atoms with E-state index in [4.69, 9.17) is 9.15 Å². The molecule has 11 rings (SSSR count). The van der Waals surface area contributed by atoms with Crippen molar-refractivity contribution in [3.8, 4) is 45.3 Å². The van der Waals surface area contributed by atoms with Crippen LogP contribution in [0.4, 0.5) is 0 Å². The molecular weight excluding hydrogens is 874 g/mol. The van der Waals surface area contributed by atoms with Gasteiger partial charge >= 0.3 is 0 Å². The first-order valence-corrected chi connectivity index (χ1v) is 18.1. The zero-order valence-corrected chi connectivity index (χ0v) is 31.9. The fraction of sp³-hybridized carbons (Fsp3) is 0. The van der Waals surface area contributed by atoms with Gasteiger partial charge in [0.2, 0.25) is 5.95 Å². The minimum Gasteiger partial charge on any atom is -0.462 e. The summed E-state index contributed by atoms with van der Waals surface area (Å²) < 4.78 is 21.2. The first-order chi connectivity index (χ1) is 27.3. The van der Waals surface area contributed by atoms with Crippen molar-refractivity contribution in [2.75, 3.05) is 0 Å². The van der Waals surface area contributed by atoms with Gasteiger partial charge in [-0.3, -0.25) is 9.55 Å². The molecule has 0 radical (unpaired) electrons. The smallest absolute Gasteiger partial charge is 0.268 e. The largest absolute Gasteiger partial charge is 0.462 e. The normalized spacial score (nSPS) is 11.4. The maximum atomic E-state index is 6.54. The van der Waals surface area contributed by atoms with Crippen molar-refractivity contribution in [2.24, 2.45) is 0 Å². The van der Waals surface area contributed by atoms with Gasteiger partial charge in [0, 0.05) is 50.1 Å². The van der Waals surface area contributed by atoms with Crippen molar-refractivity contribution >= 4 is 44.2 Å². The molecule has 11 aromatic rings. The molecule has 56 heavy (non-hydrogen) atoms. The van der Waals surface area contributed by atoms with Crippen LogP contribution < -0.4 is 9.30 Å². The monoisotopic (exact) mass is 902 g/mol. The van der Waals surface area contributed by atoms with Crippen LogP contribution in [-0.2, 0) is 21.1 Å². The Balaban J connectivity index is 0.00000384. The number of hydrogen-bond acceptors (Lipinski definition) is 3. The first-order valence-electron chi connectivity index (χ1n) is 18.1. The van der Waals surface area contributed by atoms with Crippen LogP contribution in [0.1, 0.15) is 0 Å². The third-order valence-electron chi connectivity index (χ3n) is 10.1. The van der Waals surface area contributed by atoms with Crippen LogP contribution in [0.5, 0.6) is 11.7 Å². The van der Waals surface area contributed by atoms with Gasteiger partial charge in [0.1, 0.15) is 11.4 Å². The molecule has 7 nitrogen and oxygen atoms in total. The molecule has 0 amide bonds. The Morgan fingerprint density at radius 1 is 0.625 bits per heavy atom. The quantitative estimate of drug-likeness (QED) is 0.123. The first kappa shape index (κ1) is 33.6. The molecule has 0 unspecified atom stereocenters. The molecule has 0 fully saturated rings. The van der Waals surface area contributed by atoms with Crippen LogP contribution in [-0.4, -0.2) is 18.4 Å². The molecule has 0 saturated carbocycles. The van der Waals surface area contributed by atoms with Crippen molar-refractivity contribution < 1.29 is 34.8 Å². The SMILES string of the molecule is [Pt].[c-]1c(Oc2[c-]n3c4c(cccc4n4ccnc34)c3ccccc3o2)cccc1-[n+]1[c-]n(-c2c(-c3ccccc3)cccc2-c2ccccc2)c2ccccc21. The average Bonchev–Trinajstić information content (AvgIpc) is 3.95. The second kappa shape index (κ2) is 13.7. The average molecular weight is 903 g/mol.